The van der Waals surface area contributed by atoms with Crippen LogP contribution in [0.1, 0.15) is 20.8 Å². The maximum atomic E-state index is 12.6. The molecule has 36 heavy (non-hydrogen) atoms. The van der Waals surface area contributed by atoms with E-state index in [1.807, 2.05) is 33.4 Å². The highest BCUT2D eigenvalue weighted by atomic mass is 16.6. The van der Waals surface area contributed by atoms with Crippen LogP contribution in [0.4, 0.5) is 15.3 Å². The topological polar surface area (TPSA) is 152 Å². The van der Waals surface area contributed by atoms with Gasteiger partial charge in [-0.1, -0.05) is 0 Å². The summed E-state index contributed by atoms with van der Waals surface area (Å²) in [6, 6.07) is 7.20. The number of hydrogen-bond acceptors (Lipinski definition) is 9. The highest BCUT2D eigenvalue weighted by molar-refractivity contribution is 6.00. The Morgan fingerprint density at radius 2 is 1.75 bits per heavy atom. The first-order valence-corrected chi connectivity index (χ1v) is 10.9. The number of nitrogens with zero attached hydrogens (tertiary/aromatic N) is 6. The number of ether oxygens (including phenoxy) is 2. The molecule has 3 N–H and O–H groups in total. The van der Waals surface area contributed by atoms with Gasteiger partial charge in [-0.2, -0.15) is 0 Å². The molecule has 5 heterocycles. The van der Waals surface area contributed by atoms with E-state index in [2.05, 4.69) is 25.3 Å². The number of alkyl carbamates (subject to hydrolysis) is 1. The zero-order chi connectivity index (χ0) is 25.4. The molecule has 12 nitrogen and oxygen atoms in total. The highest BCUT2D eigenvalue weighted by Gasteiger charge is 2.24. The van der Waals surface area contributed by atoms with Crippen molar-refractivity contribution in [2.24, 2.45) is 0 Å². The van der Waals surface area contributed by atoms with Crippen LogP contribution in [0.25, 0.3) is 33.6 Å². The van der Waals surface area contributed by atoms with Gasteiger partial charge in [0.2, 0.25) is 5.88 Å². The van der Waals surface area contributed by atoms with Crippen LogP contribution in [0, 0.1) is 0 Å². The molecule has 0 fully saturated rings. The summed E-state index contributed by atoms with van der Waals surface area (Å²) in [7, 11) is 0. The molecule has 182 valence electrons. The number of nitrogen functional groups attached to an aromatic ring is 1. The van der Waals surface area contributed by atoms with E-state index in [1.165, 1.54) is 6.33 Å². The number of pyridine rings is 2. The van der Waals surface area contributed by atoms with Gasteiger partial charge in [-0.25, -0.2) is 29.9 Å². The van der Waals surface area contributed by atoms with Crippen molar-refractivity contribution < 1.29 is 19.1 Å². The Balaban J connectivity index is 1.65. The number of fused-ring (bicyclic) bond motifs is 2. The molecule has 0 saturated heterocycles. The Morgan fingerprint density at radius 3 is 2.50 bits per heavy atom. The molecule has 0 aliphatic rings. The minimum absolute atomic E-state index is 0.0473. The van der Waals surface area contributed by atoms with E-state index in [0.29, 0.717) is 33.6 Å². The summed E-state index contributed by atoms with van der Waals surface area (Å²) in [5.74, 6) is -0.0473. The molecule has 0 aliphatic heterocycles. The molecule has 0 unspecified atom stereocenters. The molecule has 0 saturated carbocycles. The Kier molecular flexibility index (Phi) is 5.47. The molecule has 0 bridgehead atoms. The Labute approximate surface area is 204 Å². The van der Waals surface area contributed by atoms with E-state index in [-0.39, 0.29) is 5.88 Å². The first-order valence-electron chi connectivity index (χ1n) is 10.9. The van der Waals surface area contributed by atoms with Crippen molar-refractivity contribution in [1.82, 2.24) is 34.2 Å². The molecule has 2 amide bonds. The quantitative estimate of drug-likeness (QED) is 0.388. The van der Waals surface area contributed by atoms with Crippen LogP contribution in [0.15, 0.2) is 61.6 Å². The third-order valence-corrected chi connectivity index (χ3v) is 5.14. The summed E-state index contributed by atoms with van der Waals surface area (Å²) < 4.78 is 14.2. The molecular weight excluding hydrogens is 464 g/mol. The van der Waals surface area contributed by atoms with Crippen LogP contribution in [-0.4, -0.2) is 46.7 Å². The lowest BCUT2D eigenvalue weighted by Crippen LogP contribution is -2.38. The van der Waals surface area contributed by atoms with Gasteiger partial charge in [0.05, 0.1) is 22.5 Å². The van der Waals surface area contributed by atoms with Crippen LogP contribution in [0.3, 0.4) is 0 Å². The van der Waals surface area contributed by atoms with Crippen molar-refractivity contribution >= 4 is 34.6 Å². The molecule has 5 aromatic rings. The number of rotatable bonds is 3. The number of imide groups is 1. The van der Waals surface area contributed by atoms with Crippen LogP contribution >= 0.6 is 0 Å². The Bertz CT molecular complexity index is 1600. The largest absolute Gasteiger partial charge is 0.443 e. The third kappa shape index (κ3) is 4.27. The summed E-state index contributed by atoms with van der Waals surface area (Å²) in [6.07, 6.45) is 7.86. The van der Waals surface area contributed by atoms with Crippen molar-refractivity contribution in [3.8, 4) is 22.8 Å². The second-order valence-corrected chi connectivity index (χ2v) is 8.81. The van der Waals surface area contributed by atoms with Crippen LogP contribution in [0.2, 0.25) is 0 Å². The van der Waals surface area contributed by atoms with Crippen LogP contribution in [-0.2, 0) is 4.74 Å². The molecular formula is C24H22N8O4. The maximum absolute atomic E-state index is 12.6. The minimum Gasteiger partial charge on any atom is -0.443 e. The number of nitrogens with two attached hydrogens (primary N) is 1. The van der Waals surface area contributed by atoms with E-state index in [9.17, 15) is 9.59 Å². The predicted molar refractivity (Wildman–Crippen MR) is 131 cm³/mol. The van der Waals surface area contributed by atoms with E-state index >= 15 is 0 Å². The second kappa shape index (κ2) is 8.65. The monoisotopic (exact) mass is 486 g/mol. The number of anilines is 1. The Hall–Kier alpha value is -5.00. The number of amides is 2. The van der Waals surface area contributed by atoms with Gasteiger partial charge in [0.1, 0.15) is 11.9 Å². The molecule has 0 spiro atoms. The number of carbonyl (C=O) groups is 2. The van der Waals surface area contributed by atoms with E-state index in [4.69, 9.17) is 15.2 Å². The highest BCUT2D eigenvalue weighted by Crippen LogP contribution is 2.37. The van der Waals surface area contributed by atoms with Gasteiger partial charge in [0.25, 0.3) is 0 Å². The van der Waals surface area contributed by atoms with Crippen molar-refractivity contribution in [3.63, 3.8) is 0 Å². The lowest BCUT2D eigenvalue weighted by molar-refractivity contribution is 0.0533. The van der Waals surface area contributed by atoms with Crippen LogP contribution < -0.4 is 15.8 Å². The molecule has 0 aromatic carbocycles. The number of aromatic nitrogens is 6. The van der Waals surface area contributed by atoms with Gasteiger partial charge >= 0.3 is 12.2 Å². The summed E-state index contributed by atoms with van der Waals surface area (Å²) in [5, 5.41) is 2.49. The minimum atomic E-state index is -1.04. The number of hydrogen-bond donors (Lipinski definition) is 2. The van der Waals surface area contributed by atoms with Crippen molar-refractivity contribution in [3.05, 3.63) is 61.6 Å². The fourth-order valence-corrected chi connectivity index (χ4v) is 3.76. The molecule has 0 radical (unpaired) electrons. The standard InChI is InChI=1S/C24H22N8O4/c1-24(2,3)36-23(34)30-22(33)35-21-18-15(17-5-4-16(25)19-27-10-11-31(17)19)12-32(20(18)28-13-29-21)14-6-8-26-9-7-14/h4-13H,25H2,1-3H3,(H,30,33,34). The van der Waals surface area contributed by atoms with Gasteiger partial charge in [0, 0.05) is 36.5 Å². The van der Waals surface area contributed by atoms with Crippen molar-refractivity contribution in [2.45, 2.75) is 26.4 Å². The average molecular weight is 486 g/mol. The first-order chi connectivity index (χ1) is 17.2. The van der Waals surface area contributed by atoms with E-state index in [0.717, 1.165) is 5.69 Å². The van der Waals surface area contributed by atoms with E-state index in [1.54, 1.807) is 51.6 Å². The van der Waals surface area contributed by atoms with Gasteiger partial charge in [-0.05, 0) is 45.0 Å². The van der Waals surface area contributed by atoms with Gasteiger partial charge in [-0.3, -0.25) is 9.38 Å². The SMILES string of the molecule is CC(C)(C)OC(=O)NC(=O)Oc1ncnc2c1c(-c1ccc(N)c3nccn13)cn2-c1ccncc1. The third-order valence-electron chi connectivity index (χ3n) is 5.14. The second-order valence-electron chi connectivity index (χ2n) is 8.81. The summed E-state index contributed by atoms with van der Waals surface area (Å²) >= 11 is 0. The zero-order valence-electron chi connectivity index (χ0n) is 19.7. The molecule has 0 aliphatic carbocycles. The zero-order valence-corrected chi connectivity index (χ0v) is 19.7. The first kappa shape index (κ1) is 22.8. The fourth-order valence-electron chi connectivity index (χ4n) is 3.76. The van der Waals surface area contributed by atoms with Crippen LogP contribution in [0.5, 0.6) is 5.88 Å². The predicted octanol–water partition coefficient (Wildman–Crippen LogP) is 3.74. The molecule has 0 atom stereocenters. The smallest absolute Gasteiger partial charge is 0.423 e. The molecule has 5 aromatic heterocycles. The van der Waals surface area contributed by atoms with Crippen molar-refractivity contribution in [2.75, 3.05) is 5.73 Å². The fraction of sp³-hybridized carbons (Fsp3) is 0.167. The molecule has 12 heteroatoms. The van der Waals surface area contributed by atoms with Gasteiger partial charge in [0.15, 0.2) is 11.3 Å². The number of imidazole rings is 1. The number of nitrogens with one attached hydrogen (secondary N) is 1. The average Bonchev–Trinajstić information content (AvgIpc) is 3.45. The van der Waals surface area contributed by atoms with E-state index < -0.39 is 17.8 Å². The lowest BCUT2D eigenvalue weighted by atomic mass is 10.1. The van der Waals surface area contributed by atoms with Gasteiger partial charge in [-0.15, -0.1) is 0 Å². The summed E-state index contributed by atoms with van der Waals surface area (Å²) in [6.45, 7) is 5.05. The molecule has 5 rings (SSSR count). The lowest BCUT2D eigenvalue weighted by Gasteiger charge is -2.19. The summed E-state index contributed by atoms with van der Waals surface area (Å²) in [4.78, 5) is 41.6. The Morgan fingerprint density at radius 1 is 0.972 bits per heavy atom. The van der Waals surface area contributed by atoms with Gasteiger partial charge < -0.3 is 19.8 Å². The normalized spacial score (nSPS) is 11.5. The summed E-state index contributed by atoms with van der Waals surface area (Å²) in [5.41, 5.74) is 8.99. The van der Waals surface area contributed by atoms with Crippen molar-refractivity contribution in [1.29, 1.82) is 0 Å². The number of carbonyl (C=O) groups excluding carboxylic acids is 2. The maximum Gasteiger partial charge on any atom is 0.423 e.